The number of ether oxygens (including phenoxy) is 2. The van der Waals surface area contributed by atoms with Crippen LogP contribution in [0.5, 0.6) is 0 Å². The van der Waals surface area contributed by atoms with Crippen LogP contribution in [0.4, 0.5) is 38.0 Å². The number of benzene rings is 1. The Kier molecular flexibility index (Phi) is 8.45. The number of sulfone groups is 1. The van der Waals surface area contributed by atoms with Gasteiger partial charge in [0.05, 0.1) is 47.1 Å². The number of alkyl halides is 6. The van der Waals surface area contributed by atoms with E-state index >= 15 is 0 Å². The number of halogens is 6. The van der Waals surface area contributed by atoms with E-state index in [1.807, 2.05) is 17.0 Å². The summed E-state index contributed by atoms with van der Waals surface area (Å²) in [5.41, 5.74) is 1.65. The molecule has 1 aromatic carbocycles. The van der Waals surface area contributed by atoms with E-state index in [1.54, 1.807) is 0 Å². The third-order valence-electron chi connectivity index (χ3n) is 8.88. The van der Waals surface area contributed by atoms with Gasteiger partial charge in [0.1, 0.15) is 10.4 Å². The first-order chi connectivity index (χ1) is 22.7. The molecule has 18 heteroatoms. The summed E-state index contributed by atoms with van der Waals surface area (Å²) in [6, 6.07) is 4.64. The predicted molar refractivity (Wildman–Crippen MR) is 161 cm³/mol. The van der Waals surface area contributed by atoms with Crippen molar-refractivity contribution in [2.75, 3.05) is 50.5 Å². The lowest BCUT2D eigenvalue weighted by Crippen LogP contribution is -2.52. The Morgan fingerprint density at radius 1 is 1.06 bits per heavy atom. The molecule has 0 radical (unpaired) electrons. The number of carbonyl (C=O) groups is 1. The van der Waals surface area contributed by atoms with E-state index in [9.17, 15) is 39.6 Å². The number of hydrogen-bond acceptors (Lipinski definition) is 10. The molecule has 1 amide bonds. The first-order valence-corrected chi connectivity index (χ1v) is 17.7. The lowest BCUT2D eigenvalue weighted by molar-refractivity contribution is -0.325. The molecule has 3 aromatic rings. The Balaban J connectivity index is 1.20. The normalized spacial score (nSPS) is 20.2. The van der Waals surface area contributed by atoms with Crippen molar-refractivity contribution in [1.29, 1.82) is 0 Å². The molecule has 1 N–H and O–H groups in total. The smallest absolute Gasteiger partial charge is 0.377 e. The highest BCUT2D eigenvalue weighted by molar-refractivity contribution is 7.91. The van der Waals surface area contributed by atoms with Crippen molar-refractivity contribution in [2.24, 2.45) is 0 Å². The molecule has 1 saturated heterocycles. The fourth-order valence-electron chi connectivity index (χ4n) is 6.15. The maximum atomic E-state index is 14.3. The number of amides is 1. The molecule has 0 spiro atoms. The van der Waals surface area contributed by atoms with E-state index in [1.165, 1.54) is 4.90 Å². The summed E-state index contributed by atoms with van der Waals surface area (Å²) in [6.45, 7) is 0.990. The van der Waals surface area contributed by atoms with E-state index in [-0.39, 0.29) is 64.6 Å². The highest BCUT2D eigenvalue weighted by atomic mass is 32.2. The van der Waals surface area contributed by atoms with Gasteiger partial charge in [-0.3, -0.25) is 14.4 Å². The van der Waals surface area contributed by atoms with Crippen molar-refractivity contribution >= 4 is 38.7 Å². The Bertz CT molecular complexity index is 1860. The van der Waals surface area contributed by atoms with E-state index in [2.05, 4.69) is 20.0 Å². The van der Waals surface area contributed by atoms with Gasteiger partial charge >= 0.3 is 12.5 Å². The molecule has 10 nitrogen and oxygen atoms in total. The molecular formula is C30H29F6N5O5S2. The highest BCUT2D eigenvalue weighted by Crippen LogP contribution is 2.46. The van der Waals surface area contributed by atoms with Crippen molar-refractivity contribution in [3.63, 3.8) is 0 Å². The third kappa shape index (κ3) is 6.77. The van der Waals surface area contributed by atoms with Gasteiger partial charge in [0.15, 0.2) is 9.84 Å². The maximum absolute atomic E-state index is 14.3. The van der Waals surface area contributed by atoms with Gasteiger partial charge in [-0.2, -0.15) is 13.2 Å². The molecule has 48 heavy (non-hydrogen) atoms. The van der Waals surface area contributed by atoms with Gasteiger partial charge in [0.2, 0.25) is 5.95 Å². The van der Waals surface area contributed by atoms with Crippen molar-refractivity contribution in [3.05, 3.63) is 51.5 Å². The van der Waals surface area contributed by atoms with Crippen molar-refractivity contribution in [1.82, 2.24) is 19.8 Å². The second-order valence-electron chi connectivity index (χ2n) is 12.2. The molecule has 258 valence electrons. The van der Waals surface area contributed by atoms with Crippen LogP contribution in [0.2, 0.25) is 0 Å². The third-order valence-corrected chi connectivity index (χ3v) is 11.8. The Morgan fingerprint density at radius 3 is 2.50 bits per heavy atom. The van der Waals surface area contributed by atoms with Gasteiger partial charge in [-0.05, 0) is 54.0 Å². The Labute approximate surface area is 275 Å². The lowest BCUT2D eigenvalue weighted by atomic mass is 9.94. The summed E-state index contributed by atoms with van der Waals surface area (Å²) in [5, 5.41) is 3.08. The zero-order valence-electron chi connectivity index (χ0n) is 25.2. The molecule has 1 aliphatic carbocycles. The van der Waals surface area contributed by atoms with Gasteiger partial charge in [-0.25, -0.2) is 18.4 Å². The fourth-order valence-corrected chi connectivity index (χ4v) is 9.07. The van der Waals surface area contributed by atoms with Gasteiger partial charge in [-0.15, -0.1) is 24.5 Å². The first kappa shape index (κ1) is 33.2. The van der Waals surface area contributed by atoms with Crippen LogP contribution in [0.15, 0.2) is 29.3 Å². The maximum Gasteiger partial charge on any atom is 0.522 e. The van der Waals surface area contributed by atoms with Crippen LogP contribution in [0.3, 0.4) is 0 Å². The number of anilines is 2. The number of carbonyl (C=O) groups excluding carboxylic acids is 1. The second-order valence-corrected chi connectivity index (χ2v) is 15.3. The SMILES string of the molecule is O=C1c2sc(-c3nc(Nc4cc5c(cc4C4CC4)CN(CCOC(F)(F)F)CC5)ncc3C(F)(F)F)cc2S(=O)(=O)CCN1C1COC1. The molecule has 5 heterocycles. The van der Waals surface area contributed by atoms with E-state index in [0.29, 0.717) is 42.7 Å². The molecule has 7 rings (SSSR count). The number of nitrogens with one attached hydrogen (secondary N) is 1. The molecule has 1 saturated carbocycles. The Morgan fingerprint density at radius 2 is 1.83 bits per heavy atom. The van der Waals surface area contributed by atoms with Crippen LogP contribution in [0.1, 0.15) is 50.7 Å². The number of rotatable bonds is 8. The molecule has 2 fully saturated rings. The largest absolute Gasteiger partial charge is 0.522 e. The van der Waals surface area contributed by atoms with Crippen molar-refractivity contribution in [3.8, 4) is 10.6 Å². The quantitative estimate of drug-likeness (QED) is 0.308. The minimum Gasteiger partial charge on any atom is -0.377 e. The Hall–Kier alpha value is -3.32. The number of thiophene rings is 1. The molecule has 3 aliphatic heterocycles. The molecule has 0 bridgehead atoms. The number of nitrogens with zero attached hydrogens (tertiary/aromatic N) is 4. The number of aromatic nitrogens is 2. The summed E-state index contributed by atoms with van der Waals surface area (Å²) >= 11 is 0.652. The highest BCUT2D eigenvalue weighted by Gasteiger charge is 2.41. The van der Waals surface area contributed by atoms with Crippen molar-refractivity contribution in [2.45, 2.75) is 55.2 Å². The van der Waals surface area contributed by atoms with E-state index in [0.717, 1.165) is 35.6 Å². The van der Waals surface area contributed by atoms with E-state index < -0.39 is 46.1 Å². The van der Waals surface area contributed by atoms with Crippen molar-refractivity contribution < 1.29 is 49.0 Å². The lowest BCUT2D eigenvalue weighted by Gasteiger charge is -2.36. The van der Waals surface area contributed by atoms with Gasteiger partial charge in [0, 0.05) is 38.1 Å². The number of fused-ring (bicyclic) bond motifs is 2. The second kappa shape index (κ2) is 12.2. The minimum atomic E-state index is -4.88. The first-order valence-electron chi connectivity index (χ1n) is 15.2. The van der Waals surface area contributed by atoms with Crippen LogP contribution >= 0.6 is 11.3 Å². The molecule has 4 aliphatic rings. The molecule has 2 aromatic heterocycles. The molecule has 0 atom stereocenters. The summed E-state index contributed by atoms with van der Waals surface area (Å²) in [5.74, 6) is -0.912. The molecular weight excluding hydrogens is 688 g/mol. The van der Waals surface area contributed by atoms with Crippen LogP contribution in [-0.2, 0) is 38.5 Å². The standard InChI is InChI=1S/C30H29F6N5O5S2/c31-29(32,33)21-12-37-28(39-25(21)23-11-24-26(47-23)27(42)41(19-14-45-15-19)6-8-48(24,43)44)38-22-10-17-3-4-40(5-7-46-30(34,35)36)13-18(17)9-20(22)16-1-2-16/h9-12,16,19H,1-8,13-15H2,(H,37,38,39). The monoisotopic (exact) mass is 717 g/mol. The van der Waals surface area contributed by atoms with Gasteiger partial charge < -0.3 is 15.0 Å². The summed E-state index contributed by atoms with van der Waals surface area (Å²) in [4.78, 5) is 24.3. The number of hydrogen-bond donors (Lipinski definition) is 1. The zero-order valence-corrected chi connectivity index (χ0v) is 26.8. The zero-order chi connectivity index (χ0) is 34.0. The minimum absolute atomic E-state index is 0.0457. The topological polar surface area (TPSA) is 114 Å². The van der Waals surface area contributed by atoms with Crippen LogP contribution < -0.4 is 5.32 Å². The van der Waals surface area contributed by atoms with Gasteiger partial charge in [0.25, 0.3) is 5.91 Å². The van der Waals surface area contributed by atoms with E-state index in [4.69, 9.17) is 4.74 Å². The summed E-state index contributed by atoms with van der Waals surface area (Å²) in [6.07, 6.45) is -6.62. The summed E-state index contributed by atoms with van der Waals surface area (Å²) < 4.78 is 115. The van der Waals surface area contributed by atoms with Crippen LogP contribution in [0.25, 0.3) is 10.6 Å². The van der Waals surface area contributed by atoms with Crippen LogP contribution in [0, 0.1) is 0 Å². The molecule has 0 unspecified atom stereocenters. The van der Waals surface area contributed by atoms with Crippen LogP contribution in [-0.4, -0.2) is 91.7 Å². The average Bonchev–Trinajstić information content (AvgIpc) is 3.73. The average molecular weight is 718 g/mol. The fraction of sp³-hybridized carbons (Fsp3) is 0.500. The predicted octanol–water partition coefficient (Wildman–Crippen LogP) is 5.37. The van der Waals surface area contributed by atoms with Gasteiger partial charge in [-0.1, -0.05) is 6.07 Å². The summed E-state index contributed by atoms with van der Waals surface area (Å²) in [7, 11) is -3.98.